The predicted octanol–water partition coefficient (Wildman–Crippen LogP) is 0.359. The molecule has 3 atom stereocenters. The van der Waals surface area contributed by atoms with Gasteiger partial charge in [-0.25, -0.2) is 13.1 Å². The first-order valence-electron chi connectivity index (χ1n) is 6.26. The molecule has 1 saturated carbocycles. The molecule has 1 aliphatic carbocycles. The third-order valence-corrected chi connectivity index (χ3v) is 5.26. The van der Waals surface area contributed by atoms with Gasteiger partial charge in [0, 0.05) is 31.3 Å². The number of hydrogen-bond donors (Lipinski definition) is 1. The van der Waals surface area contributed by atoms with E-state index < -0.39 is 10.0 Å². The molecule has 0 bridgehead atoms. The van der Waals surface area contributed by atoms with Crippen molar-refractivity contribution >= 4 is 10.0 Å². The minimum Gasteiger partial charge on any atom is -0.378 e. The number of aromatic nitrogens is 2. The van der Waals surface area contributed by atoms with Gasteiger partial charge in [-0.15, -0.1) is 0 Å². The fourth-order valence-corrected chi connectivity index (χ4v) is 3.91. The van der Waals surface area contributed by atoms with Gasteiger partial charge >= 0.3 is 0 Å². The number of aryl methyl sites for hydroxylation is 1. The van der Waals surface area contributed by atoms with E-state index in [-0.39, 0.29) is 17.0 Å². The highest BCUT2D eigenvalue weighted by Gasteiger charge is 2.46. The highest BCUT2D eigenvalue weighted by atomic mass is 32.2. The van der Waals surface area contributed by atoms with E-state index in [1.165, 1.54) is 6.20 Å². The van der Waals surface area contributed by atoms with Crippen molar-refractivity contribution in [3.8, 4) is 0 Å². The van der Waals surface area contributed by atoms with Crippen LogP contribution in [0.1, 0.15) is 19.8 Å². The number of ether oxygens (including phenoxy) is 1. The van der Waals surface area contributed by atoms with Gasteiger partial charge in [-0.3, -0.25) is 4.68 Å². The normalized spacial score (nSPS) is 31.1. The van der Waals surface area contributed by atoms with Crippen LogP contribution in [-0.4, -0.2) is 37.0 Å². The smallest absolute Gasteiger partial charge is 0.243 e. The molecule has 0 unspecified atom stereocenters. The van der Waals surface area contributed by atoms with E-state index in [1.54, 1.807) is 10.9 Å². The minimum atomic E-state index is -3.44. The SMILES string of the molecule is CCn1cc(S(=O)(=O)N[C@@H]2C[C@@H]3OCC[C@@H]32)cn1. The van der Waals surface area contributed by atoms with Gasteiger partial charge in [-0.05, 0) is 19.8 Å². The molecule has 18 heavy (non-hydrogen) atoms. The highest BCUT2D eigenvalue weighted by molar-refractivity contribution is 7.89. The van der Waals surface area contributed by atoms with Crippen molar-refractivity contribution in [3.63, 3.8) is 0 Å². The van der Waals surface area contributed by atoms with E-state index in [4.69, 9.17) is 4.74 Å². The number of nitrogens with one attached hydrogen (secondary N) is 1. The molecule has 2 aliphatic rings. The Morgan fingerprint density at radius 2 is 2.44 bits per heavy atom. The van der Waals surface area contributed by atoms with Gasteiger partial charge in [-0.2, -0.15) is 5.10 Å². The summed E-state index contributed by atoms with van der Waals surface area (Å²) >= 11 is 0. The Morgan fingerprint density at radius 3 is 3.11 bits per heavy atom. The molecule has 1 N–H and O–H groups in total. The first kappa shape index (κ1) is 12.1. The molecule has 3 rings (SSSR count). The number of sulfonamides is 1. The van der Waals surface area contributed by atoms with E-state index in [1.807, 2.05) is 6.92 Å². The van der Waals surface area contributed by atoms with Crippen molar-refractivity contribution in [2.75, 3.05) is 6.61 Å². The van der Waals surface area contributed by atoms with Gasteiger partial charge < -0.3 is 4.74 Å². The van der Waals surface area contributed by atoms with E-state index in [9.17, 15) is 8.42 Å². The number of rotatable bonds is 4. The van der Waals surface area contributed by atoms with E-state index >= 15 is 0 Å². The predicted molar refractivity (Wildman–Crippen MR) is 64.5 cm³/mol. The van der Waals surface area contributed by atoms with Crippen molar-refractivity contribution in [1.82, 2.24) is 14.5 Å². The van der Waals surface area contributed by atoms with Gasteiger partial charge in [0.15, 0.2) is 0 Å². The molecule has 2 fully saturated rings. The van der Waals surface area contributed by atoms with Crippen LogP contribution in [0.3, 0.4) is 0 Å². The second-order valence-electron chi connectivity index (χ2n) is 4.86. The minimum absolute atomic E-state index is 0.0208. The third kappa shape index (κ3) is 1.96. The average molecular weight is 271 g/mol. The first-order chi connectivity index (χ1) is 8.60. The molecule has 0 spiro atoms. The van der Waals surface area contributed by atoms with Crippen LogP contribution in [0.2, 0.25) is 0 Å². The molecular weight excluding hydrogens is 254 g/mol. The van der Waals surface area contributed by atoms with E-state index in [2.05, 4.69) is 9.82 Å². The molecule has 1 saturated heterocycles. The van der Waals surface area contributed by atoms with Crippen LogP contribution in [0.25, 0.3) is 0 Å². The zero-order valence-electron chi connectivity index (χ0n) is 10.2. The summed E-state index contributed by atoms with van der Waals surface area (Å²) in [5, 5.41) is 3.99. The number of hydrogen-bond acceptors (Lipinski definition) is 4. The highest BCUT2D eigenvalue weighted by Crippen LogP contribution is 2.39. The summed E-state index contributed by atoms with van der Waals surface area (Å²) < 4.78 is 34.1. The topological polar surface area (TPSA) is 73.2 Å². The van der Waals surface area contributed by atoms with Gasteiger partial charge in [0.05, 0.1) is 12.3 Å². The van der Waals surface area contributed by atoms with Gasteiger partial charge in [0.2, 0.25) is 10.0 Å². The number of fused-ring (bicyclic) bond motifs is 1. The lowest BCUT2D eigenvalue weighted by molar-refractivity contribution is 0.0143. The Labute approximate surface area is 106 Å². The molecule has 7 heteroatoms. The molecular formula is C11H17N3O3S. The Kier molecular flexibility index (Phi) is 2.91. The molecule has 6 nitrogen and oxygen atoms in total. The maximum atomic E-state index is 12.1. The zero-order chi connectivity index (χ0) is 12.8. The second-order valence-corrected chi connectivity index (χ2v) is 6.57. The summed E-state index contributed by atoms with van der Waals surface area (Å²) in [5.41, 5.74) is 0. The summed E-state index contributed by atoms with van der Waals surface area (Å²) in [5.74, 6) is 0.348. The van der Waals surface area contributed by atoms with Crippen LogP contribution in [-0.2, 0) is 21.3 Å². The maximum absolute atomic E-state index is 12.1. The first-order valence-corrected chi connectivity index (χ1v) is 7.75. The fraction of sp³-hybridized carbons (Fsp3) is 0.727. The van der Waals surface area contributed by atoms with E-state index in [0.717, 1.165) is 19.4 Å². The van der Waals surface area contributed by atoms with Crippen LogP contribution in [0.4, 0.5) is 0 Å². The second kappa shape index (κ2) is 4.32. The monoisotopic (exact) mass is 271 g/mol. The molecule has 2 heterocycles. The van der Waals surface area contributed by atoms with Crippen LogP contribution in [0.15, 0.2) is 17.3 Å². The quantitative estimate of drug-likeness (QED) is 0.858. The Balaban J connectivity index is 1.71. The fourth-order valence-electron chi connectivity index (χ4n) is 2.66. The van der Waals surface area contributed by atoms with Crippen LogP contribution < -0.4 is 4.72 Å². The summed E-state index contributed by atoms with van der Waals surface area (Å²) in [7, 11) is -3.44. The Morgan fingerprint density at radius 1 is 1.61 bits per heavy atom. The van der Waals surface area contributed by atoms with Crippen molar-refractivity contribution < 1.29 is 13.2 Å². The Bertz CT molecular complexity index is 539. The molecule has 0 radical (unpaired) electrons. The zero-order valence-corrected chi connectivity index (χ0v) is 11.1. The Hall–Kier alpha value is -0.920. The molecule has 1 aromatic rings. The van der Waals surface area contributed by atoms with Gasteiger partial charge in [-0.1, -0.05) is 0 Å². The van der Waals surface area contributed by atoms with Gasteiger partial charge in [0.25, 0.3) is 0 Å². The summed E-state index contributed by atoms with van der Waals surface area (Å²) in [6.45, 7) is 3.34. The lowest BCUT2D eigenvalue weighted by Crippen LogP contribution is -2.53. The summed E-state index contributed by atoms with van der Waals surface area (Å²) in [6.07, 6.45) is 4.95. The maximum Gasteiger partial charge on any atom is 0.243 e. The van der Waals surface area contributed by atoms with Gasteiger partial charge in [0.1, 0.15) is 4.90 Å². The largest absolute Gasteiger partial charge is 0.378 e. The van der Waals surface area contributed by atoms with Crippen LogP contribution in [0, 0.1) is 5.92 Å². The summed E-state index contributed by atoms with van der Waals surface area (Å²) in [4.78, 5) is 0.242. The molecule has 0 aromatic carbocycles. The van der Waals surface area contributed by atoms with E-state index in [0.29, 0.717) is 12.5 Å². The third-order valence-electron chi connectivity index (χ3n) is 3.81. The summed E-state index contributed by atoms with van der Waals surface area (Å²) in [6, 6.07) is 0.0208. The molecule has 100 valence electrons. The standard InChI is InChI=1S/C11H17N3O3S/c1-2-14-7-8(6-12-14)18(15,16)13-10-5-11-9(10)3-4-17-11/h6-7,9-11,13H,2-5H2,1H3/t9-,10-,11+/m1/s1. The lowest BCUT2D eigenvalue weighted by atomic mass is 9.77. The van der Waals surface area contributed by atoms with Crippen molar-refractivity contribution in [2.45, 2.75) is 43.4 Å². The van der Waals surface area contributed by atoms with Crippen molar-refractivity contribution in [3.05, 3.63) is 12.4 Å². The van der Waals surface area contributed by atoms with Crippen molar-refractivity contribution in [2.24, 2.45) is 5.92 Å². The molecule has 1 aromatic heterocycles. The molecule has 1 aliphatic heterocycles. The van der Waals surface area contributed by atoms with Crippen LogP contribution in [0.5, 0.6) is 0 Å². The van der Waals surface area contributed by atoms with Crippen LogP contribution >= 0.6 is 0 Å². The van der Waals surface area contributed by atoms with Crippen molar-refractivity contribution in [1.29, 1.82) is 0 Å². The molecule has 0 amide bonds. The lowest BCUT2D eigenvalue weighted by Gasteiger charge is -2.38. The number of nitrogens with zero attached hydrogens (tertiary/aromatic N) is 2. The average Bonchev–Trinajstić information content (AvgIpc) is 2.92.